The predicted molar refractivity (Wildman–Crippen MR) is 135 cm³/mol. The van der Waals surface area contributed by atoms with Crippen molar-refractivity contribution in [3.05, 3.63) is 52.0 Å². The topological polar surface area (TPSA) is 91.9 Å². The van der Waals surface area contributed by atoms with Gasteiger partial charge < -0.3 is 30.3 Å². The van der Waals surface area contributed by atoms with Gasteiger partial charge in [-0.3, -0.25) is 4.79 Å². The number of rotatable bonds is 3. The average Bonchev–Trinajstić information content (AvgIpc) is 2.77. The first kappa shape index (κ1) is 26.1. The van der Waals surface area contributed by atoms with Crippen LogP contribution in [0.25, 0.3) is 0 Å². The number of benzene rings is 2. The zero-order valence-corrected chi connectivity index (χ0v) is 21.2. The Morgan fingerprint density at radius 3 is 2.47 bits per heavy atom. The fraction of sp³-hybridized carbons (Fsp3) is 0.417. The number of carbonyl (C=O) groups is 2. The van der Waals surface area contributed by atoms with Gasteiger partial charge in [0.15, 0.2) is 0 Å². The monoisotopic (exact) mass is 508 g/mol. The molecule has 0 unspecified atom stereocenters. The fourth-order valence-corrected chi connectivity index (χ4v) is 4.18. The van der Waals surface area contributed by atoms with Gasteiger partial charge in [-0.15, -0.1) is 0 Å². The van der Waals surface area contributed by atoms with Gasteiger partial charge in [-0.2, -0.15) is 0 Å². The lowest BCUT2D eigenvalue weighted by Crippen LogP contribution is -2.44. The summed E-state index contributed by atoms with van der Waals surface area (Å²) in [5.74, 6) is 0.412. The molecule has 0 bridgehead atoms. The number of nitrogens with one attached hydrogen (secondary N) is 3. The molecule has 1 aliphatic rings. The van der Waals surface area contributed by atoms with Crippen molar-refractivity contribution in [3.63, 3.8) is 0 Å². The van der Waals surface area contributed by atoms with Gasteiger partial charge in [-0.1, -0.05) is 30.1 Å². The van der Waals surface area contributed by atoms with Crippen molar-refractivity contribution in [3.8, 4) is 5.75 Å². The summed E-state index contributed by atoms with van der Waals surface area (Å²) >= 11 is 12.0. The number of hydrogen-bond donors (Lipinski definition) is 3. The lowest BCUT2D eigenvalue weighted by atomic mass is 10.0. The summed E-state index contributed by atoms with van der Waals surface area (Å²) in [4.78, 5) is 27.5. The lowest BCUT2D eigenvalue weighted by molar-refractivity contribution is 0.0281. The van der Waals surface area contributed by atoms with Crippen LogP contribution in [0.3, 0.4) is 0 Å². The minimum Gasteiger partial charge on any atom is -0.491 e. The van der Waals surface area contributed by atoms with Crippen LogP contribution in [-0.4, -0.2) is 62.8 Å². The molecule has 0 spiro atoms. The van der Waals surface area contributed by atoms with Crippen LogP contribution in [-0.2, 0) is 4.74 Å². The number of nitrogens with zero attached hydrogens (tertiary/aromatic N) is 1. The maximum absolute atomic E-state index is 13.3. The second-order valence-corrected chi connectivity index (χ2v) is 9.38. The molecule has 2 aromatic rings. The number of methoxy groups -OCH3 is 1. The molecule has 2 aromatic carbocycles. The number of ether oxygens (including phenoxy) is 2. The molecule has 0 aliphatic carbocycles. The Kier molecular flexibility index (Phi) is 9.02. The third-order valence-electron chi connectivity index (χ3n) is 5.60. The molecule has 3 N–H and O–H groups in total. The zero-order valence-electron chi connectivity index (χ0n) is 19.7. The van der Waals surface area contributed by atoms with E-state index in [-0.39, 0.29) is 24.0 Å². The molecule has 3 atom stereocenters. The van der Waals surface area contributed by atoms with Gasteiger partial charge in [0.2, 0.25) is 0 Å². The van der Waals surface area contributed by atoms with E-state index < -0.39 is 6.03 Å². The number of urea groups is 1. The van der Waals surface area contributed by atoms with Gasteiger partial charge in [0.1, 0.15) is 12.4 Å². The largest absolute Gasteiger partial charge is 0.491 e. The van der Waals surface area contributed by atoms with E-state index in [0.717, 1.165) is 6.54 Å². The van der Waals surface area contributed by atoms with Crippen LogP contribution in [0, 0.1) is 5.92 Å². The van der Waals surface area contributed by atoms with Crippen molar-refractivity contribution in [2.75, 3.05) is 44.5 Å². The van der Waals surface area contributed by atoms with Crippen molar-refractivity contribution < 1.29 is 19.1 Å². The van der Waals surface area contributed by atoms with Crippen LogP contribution in [0.5, 0.6) is 5.75 Å². The molecule has 184 valence electrons. The molecule has 8 nitrogen and oxygen atoms in total. The number of amides is 3. The highest BCUT2D eigenvalue weighted by molar-refractivity contribution is 6.35. The SMILES string of the molecule is CO[C@H]1CN(C)C(=O)c2cc(NC(=O)Nc3cc(Cl)cc(Cl)c3)ccc2OC[C@H](C)NC[C@H]1C. The summed E-state index contributed by atoms with van der Waals surface area (Å²) in [5, 5.41) is 9.67. The van der Waals surface area contributed by atoms with Crippen molar-refractivity contribution in [2.24, 2.45) is 5.92 Å². The maximum Gasteiger partial charge on any atom is 0.323 e. The molecule has 1 aliphatic heterocycles. The smallest absolute Gasteiger partial charge is 0.323 e. The molecule has 1 heterocycles. The van der Waals surface area contributed by atoms with Crippen LogP contribution < -0.4 is 20.7 Å². The summed E-state index contributed by atoms with van der Waals surface area (Å²) in [5.41, 5.74) is 1.23. The molecule has 34 heavy (non-hydrogen) atoms. The molecule has 3 rings (SSSR count). The molecular weight excluding hydrogens is 479 g/mol. The van der Waals surface area contributed by atoms with Gasteiger partial charge in [0.05, 0.1) is 11.7 Å². The molecular formula is C24H30Cl2N4O4. The number of fused-ring (bicyclic) bond motifs is 1. The average molecular weight is 509 g/mol. The van der Waals surface area contributed by atoms with Crippen LogP contribution in [0.1, 0.15) is 24.2 Å². The highest BCUT2D eigenvalue weighted by Gasteiger charge is 2.25. The molecule has 0 saturated heterocycles. The van der Waals surface area contributed by atoms with Crippen LogP contribution >= 0.6 is 23.2 Å². The normalized spacial score (nSPS) is 21.5. The van der Waals surface area contributed by atoms with Crippen molar-refractivity contribution in [2.45, 2.75) is 26.0 Å². The van der Waals surface area contributed by atoms with Gasteiger partial charge in [0.25, 0.3) is 5.91 Å². The van der Waals surface area contributed by atoms with Gasteiger partial charge in [-0.05, 0) is 49.2 Å². The Morgan fingerprint density at radius 1 is 1.12 bits per heavy atom. The Hall–Kier alpha value is -2.52. The highest BCUT2D eigenvalue weighted by atomic mass is 35.5. The highest BCUT2D eigenvalue weighted by Crippen LogP contribution is 2.26. The molecule has 0 radical (unpaired) electrons. The van der Waals surface area contributed by atoms with E-state index in [1.165, 1.54) is 0 Å². The number of hydrogen-bond acceptors (Lipinski definition) is 5. The van der Waals surface area contributed by atoms with Crippen molar-refractivity contribution >= 4 is 46.5 Å². The Balaban J connectivity index is 1.83. The van der Waals surface area contributed by atoms with E-state index in [2.05, 4.69) is 22.9 Å². The van der Waals surface area contributed by atoms with Gasteiger partial charge in [0, 0.05) is 54.7 Å². The lowest BCUT2D eigenvalue weighted by Gasteiger charge is -2.30. The second kappa shape index (κ2) is 11.8. The number of carbonyl (C=O) groups excluding carboxylic acids is 2. The zero-order chi connectivity index (χ0) is 24.8. The summed E-state index contributed by atoms with van der Waals surface area (Å²) < 4.78 is 11.6. The Labute approximate surface area is 209 Å². The van der Waals surface area contributed by atoms with E-state index in [9.17, 15) is 9.59 Å². The molecule has 0 fully saturated rings. The van der Waals surface area contributed by atoms with E-state index >= 15 is 0 Å². The number of halogens is 2. The molecule has 0 aromatic heterocycles. The van der Waals surface area contributed by atoms with Gasteiger partial charge >= 0.3 is 6.03 Å². The third-order valence-corrected chi connectivity index (χ3v) is 6.04. The van der Waals surface area contributed by atoms with E-state index in [4.69, 9.17) is 32.7 Å². The quantitative estimate of drug-likeness (QED) is 0.557. The summed E-state index contributed by atoms with van der Waals surface area (Å²) in [6.45, 7) is 5.65. The first-order valence-corrected chi connectivity index (χ1v) is 11.7. The summed E-state index contributed by atoms with van der Waals surface area (Å²) in [7, 11) is 3.38. The first-order valence-electron chi connectivity index (χ1n) is 11.0. The van der Waals surface area contributed by atoms with E-state index in [1.54, 1.807) is 55.5 Å². The van der Waals surface area contributed by atoms with Crippen molar-refractivity contribution in [1.82, 2.24) is 10.2 Å². The number of likely N-dealkylation sites (N-methyl/N-ethyl adjacent to an activating group) is 1. The van der Waals surface area contributed by atoms with E-state index in [1.807, 2.05) is 6.92 Å². The van der Waals surface area contributed by atoms with E-state index in [0.29, 0.717) is 45.9 Å². The minimum atomic E-state index is -0.501. The first-order chi connectivity index (χ1) is 16.2. The maximum atomic E-state index is 13.3. The Morgan fingerprint density at radius 2 is 1.79 bits per heavy atom. The third kappa shape index (κ3) is 6.99. The predicted octanol–water partition coefficient (Wildman–Crippen LogP) is 4.73. The second-order valence-electron chi connectivity index (χ2n) is 8.51. The van der Waals surface area contributed by atoms with Gasteiger partial charge in [-0.25, -0.2) is 4.79 Å². The summed E-state index contributed by atoms with van der Waals surface area (Å²) in [6, 6.07) is 9.29. The minimum absolute atomic E-state index is 0.0770. The molecule has 0 saturated carbocycles. The Bertz CT molecular complexity index is 1020. The standard InChI is InChI=1S/C24H30Cl2N4O4/c1-14-11-27-15(2)13-34-21-6-5-18(10-20(21)23(31)30(3)12-22(14)33-4)28-24(32)29-19-8-16(25)7-17(26)9-19/h5-10,14-15,22,27H,11-13H2,1-4H3,(H2,28,29,32)/t14-,15+,22+/m1/s1. The van der Waals surface area contributed by atoms with Crippen LogP contribution in [0.15, 0.2) is 36.4 Å². The van der Waals surface area contributed by atoms with Crippen LogP contribution in [0.4, 0.5) is 16.2 Å². The van der Waals surface area contributed by atoms with Crippen molar-refractivity contribution in [1.29, 1.82) is 0 Å². The summed E-state index contributed by atoms with van der Waals surface area (Å²) in [6.07, 6.45) is -0.131. The van der Waals surface area contributed by atoms with Crippen LogP contribution in [0.2, 0.25) is 10.0 Å². The molecule has 10 heteroatoms. The fourth-order valence-electron chi connectivity index (χ4n) is 3.66. The number of anilines is 2. The molecule has 3 amide bonds.